The molecule has 2 aromatic rings. The molecule has 0 bridgehead atoms. The normalized spacial score (nSPS) is 11.0. The van der Waals surface area contributed by atoms with E-state index in [0.717, 1.165) is 27.4 Å². The van der Waals surface area contributed by atoms with Crippen LogP contribution in [0.15, 0.2) is 54.6 Å². The zero-order valence-electron chi connectivity index (χ0n) is 12.2. The maximum atomic E-state index is 6.33. The third kappa shape index (κ3) is 4.80. The summed E-state index contributed by atoms with van der Waals surface area (Å²) in [6.07, 6.45) is 7.38. The Balaban J connectivity index is 2.07. The Kier molecular flexibility index (Phi) is 6.16. The quantitative estimate of drug-likeness (QED) is 0.352. The Morgan fingerprint density at radius 1 is 1.14 bits per heavy atom. The van der Waals surface area contributed by atoms with E-state index in [0.29, 0.717) is 0 Å². The monoisotopic (exact) mass is 314 g/mol. The predicted octanol–water partition coefficient (Wildman–Crippen LogP) is 6.11. The summed E-state index contributed by atoms with van der Waals surface area (Å²) in [7, 11) is 0. The summed E-state index contributed by atoms with van der Waals surface area (Å²) in [6, 6.07) is 16.2. The largest absolute Gasteiger partial charge is 0.0840 e. The average molecular weight is 315 g/mol. The first-order valence-electron chi connectivity index (χ1n) is 7.26. The van der Waals surface area contributed by atoms with Crippen LogP contribution in [0.2, 0.25) is 5.02 Å². The van der Waals surface area contributed by atoms with Crippen LogP contribution in [0.25, 0.3) is 6.08 Å². The molecule has 21 heavy (non-hydrogen) atoms. The second-order valence-corrected chi connectivity index (χ2v) is 5.87. The Morgan fingerprint density at radius 2 is 1.90 bits per heavy atom. The number of unbranched alkanes of at least 4 members (excludes halogenated alkanes) is 1. The summed E-state index contributed by atoms with van der Waals surface area (Å²) in [4.78, 5) is 0.835. The van der Waals surface area contributed by atoms with E-state index in [1.807, 2.05) is 48.6 Å². The van der Waals surface area contributed by atoms with Gasteiger partial charge in [-0.15, -0.1) is 0 Å². The summed E-state index contributed by atoms with van der Waals surface area (Å²) < 4.78 is 0. The Bertz CT molecular complexity index is 629. The van der Waals surface area contributed by atoms with Gasteiger partial charge < -0.3 is 0 Å². The van der Waals surface area contributed by atoms with Gasteiger partial charge in [0.1, 0.15) is 0 Å². The van der Waals surface area contributed by atoms with Crippen LogP contribution in [0.3, 0.4) is 0 Å². The number of hydrogen-bond acceptors (Lipinski definition) is 1. The molecule has 0 N–H and O–H groups in total. The highest BCUT2D eigenvalue weighted by atomic mass is 35.5. The SMILES string of the molecule is CCCCc1ccc(C=CC(=S)c2ccccc2)cc1Cl. The number of aryl methyl sites for hydroxylation is 1. The Morgan fingerprint density at radius 3 is 2.57 bits per heavy atom. The van der Waals surface area contributed by atoms with Crippen molar-refractivity contribution in [2.45, 2.75) is 26.2 Å². The molecule has 0 atom stereocenters. The molecule has 0 spiro atoms. The van der Waals surface area contributed by atoms with Crippen LogP contribution >= 0.6 is 23.8 Å². The highest BCUT2D eigenvalue weighted by molar-refractivity contribution is 7.81. The molecule has 0 saturated carbocycles. The topological polar surface area (TPSA) is 0 Å². The number of rotatable bonds is 6. The van der Waals surface area contributed by atoms with E-state index >= 15 is 0 Å². The number of halogens is 1. The van der Waals surface area contributed by atoms with E-state index in [1.165, 1.54) is 18.4 Å². The van der Waals surface area contributed by atoms with E-state index < -0.39 is 0 Å². The number of allylic oxidation sites excluding steroid dienone is 1. The van der Waals surface area contributed by atoms with E-state index in [4.69, 9.17) is 23.8 Å². The molecular formula is C19H19ClS. The smallest absolute Gasteiger partial charge is 0.0449 e. The Hall–Kier alpha value is -1.44. The average Bonchev–Trinajstić information content (AvgIpc) is 2.52. The standard InChI is InChI=1S/C19H19ClS/c1-2-3-7-16-12-10-15(14-18(16)20)11-13-19(21)17-8-5-4-6-9-17/h4-6,8-14H,2-3,7H2,1H3. The third-order valence-corrected chi connectivity index (χ3v) is 4.09. The highest BCUT2D eigenvalue weighted by Gasteiger charge is 2.01. The summed E-state index contributed by atoms with van der Waals surface area (Å²) in [5, 5.41) is 0.844. The minimum atomic E-state index is 0.835. The second kappa shape index (κ2) is 8.11. The molecule has 2 heteroatoms. The maximum Gasteiger partial charge on any atom is 0.0449 e. The molecule has 108 valence electrons. The van der Waals surface area contributed by atoms with Crippen LogP contribution < -0.4 is 0 Å². The van der Waals surface area contributed by atoms with Crippen molar-refractivity contribution in [2.75, 3.05) is 0 Å². The lowest BCUT2D eigenvalue weighted by atomic mass is 10.1. The van der Waals surface area contributed by atoms with Crippen LogP contribution in [0, 0.1) is 0 Å². The summed E-state index contributed by atoms with van der Waals surface area (Å²) >= 11 is 11.7. The van der Waals surface area contributed by atoms with Crippen molar-refractivity contribution in [1.29, 1.82) is 0 Å². The fourth-order valence-electron chi connectivity index (χ4n) is 2.11. The van der Waals surface area contributed by atoms with Crippen molar-refractivity contribution in [3.8, 4) is 0 Å². The van der Waals surface area contributed by atoms with Crippen LogP contribution in [0.1, 0.15) is 36.5 Å². The Labute approximate surface area is 137 Å². The minimum Gasteiger partial charge on any atom is -0.0840 e. The molecule has 0 nitrogen and oxygen atoms in total. The van der Waals surface area contributed by atoms with Crippen LogP contribution in [0.4, 0.5) is 0 Å². The molecule has 0 heterocycles. The van der Waals surface area contributed by atoms with Gasteiger partial charge in [0.05, 0.1) is 0 Å². The summed E-state index contributed by atoms with van der Waals surface area (Å²) in [6.45, 7) is 2.19. The third-order valence-electron chi connectivity index (χ3n) is 3.36. The molecule has 2 rings (SSSR count). The summed E-state index contributed by atoms with van der Waals surface area (Å²) in [5.74, 6) is 0. The van der Waals surface area contributed by atoms with Gasteiger partial charge in [-0.3, -0.25) is 0 Å². The molecule has 0 unspecified atom stereocenters. The number of benzene rings is 2. The zero-order chi connectivity index (χ0) is 15.1. The molecule has 0 fully saturated rings. The van der Waals surface area contributed by atoms with E-state index in [-0.39, 0.29) is 0 Å². The van der Waals surface area contributed by atoms with Crippen molar-refractivity contribution in [1.82, 2.24) is 0 Å². The fraction of sp³-hybridized carbons (Fsp3) is 0.211. The highest BCUT2D eigenvalue weighted by Crippen LogP contribution is 2.21. The molecule has 0 saturated heterocycles. The fourth-order valence-corrected chi connectivity index (χ4v) is 2.60. The predicted molar refractivity (Wildman–Crippen MR) is 97.2 cm³/mol. The molecular weight excluding hydrogens is 296 g/mol. The van der Waals surface area contributed by atoms with E-state index in [1.54, 1.807) is 0 Å². The zero-order valence-corrected chi connectivity index (χ0v) is 13.8. The van der Waals surface area contributed by atoms with Gasteiger partial charge in [-0.25, -0.2) is 0 Å². The van der Waals surface area contributed by atoms with E-state index in [2.05, 4.69) is 19.1 Å². The molecule has 2 aromatic carbocycles. The van der Waals surface area contributed by atoms with Crippen LogP contribution in [0.5, 0.6) is 0 Å². The van der Waals surface area contributed by atoms with Crippen molar-refractivity contribution in [3.63, 3.8) is 0 Å². The van der Waals surface area contributed by atoms with Gasteiger partial charge in [-0.2, -0.15) is 0 Å². The lowest BCUT2D eigenvalue weighted by Gasteiger charge is -2.04. The van der Waals surface area contributed by atoms with Gasteiger partial charge in [-0.1, -0.05) is 85.7 Å². The van der Waals surface area contributed by atoms with E-state index in [9.17, 15) is 0 Å². The first kappa shape index (κ1) is 15.9. The van der Waals surface area contributed by atoms with Crippen LogP contribution in [-0.4, -0.2) is 4.86 Å². The number of hydrogen-bond donors (Lipinski definition) is 0. The van der Waals surface area contributed by atoms with Crippen LogP contribution in [-0.2, 0) is 6.42 Å². The van der Waals surface area contributed by atoms with Gasteiger partial charge in [0.15, 0.2) is 0 Å². The molecule has 0 radical (unpaired) electrons. The first-order chi connectivity index (χ1) is 10.2. The van der Waals surface area contributed by atoms with Gasteiger partial charge in [0.2, 0.25) is 0 Å². The lowest BCUT2D eigenvalue weighted by molar-refractivity contribution is 0.795. The van der Waals surface area contributed by atoms with Crippen molar-refractivity contribution < 1.29 is 0 Å². The van der Waals surface area contributed by atoms with Crippen molar-refractivity contribution in [3.05, 3.63) is 76.3 Å². The second-order valence-electron chi connectivity index (χ2n) is 5.02. The van der Waals surface area contributed by atoms with Crippen molar-refractivity contribution in [2.24, 2.45) is 0 Å². The van der Waals surface area contributed by atoms with Gasteiger partial charge in [0, 0.05) is 9.89 Å². The molecule has 0 amide bonds. The van der Waals surface area contributed by atoms with Gasteiger partial charge in [-0.05, 0) is 41.7 Å². The maximum absolute atomic E-state index is 6.33. The number of thiocarbonyl (C=S) groups is 1. The minimum absolute atomic E-state index is 0.835. The summed E-state index contributed by atoms with van der Waals surface area (Å²) in [5.41, 5.74) is 3.37. The van der Waals surface area contributed by atoms with Gasteiger partial charge >= 0.3 is 0 Å². The lowest BCUT2D eigenvalue weighted by Crippen LogP contribution is -1.91. The molecule has 0 aliphatic carbocycles. The van der Waals surface area contributed by atoms with Gasteiger partial charge in [0.25, 0.3) is 0 Å². The molecule has 0 aliphatic rings. The molecule has 0 aromatic heterocycles. The molecule has 0 aliphatic heterocycles. The first-order valence-corrected chi connectivity index (χ1v) is 8.05. The van der Waals surface area contributed by atoms with Crippen molar-refractivity contribution >= 4 is 34.8 Å².